The lowest BCUT2D eigenvalue weighted by atomic mass is 10.3. The van der Waals surface area contributed by atoms with Crippen molar-refractivity contribution in [3.8, 4) is 0 Å². The van der Waals surface area contributed by atoms with E-state index in [4.69, 9.17) is 0 Å². The molecule has 1 N–H and O–H groups in total. The van der Waals surface area contributed by atoms with E-state index in [9.17, 15) is 0 Å². The van der Waals surface area contributed by atoms with Gasteiger partial charge in [-0.05, 0) is 24.7 Å². The van der Waals surface area contributed by atoms with Crippen LogP contribution in [0, 0.1) is 11.8 Å². The van der Waals surface area contributed by atoms with Gasteiger partial charge in [0.1, 0.15) is 0 Å². The Morgan fingerprint density at radius 3 is 3.07 bits per heavy atom. The average molecular weight is 193 g/mol. The second-order valence-corrected chi connectivity index (χ2v) is 4.30. The minimum Gasteiger partial charge on any atom is -0.355 e. The molecule has 14 heavy (non-hydrogen) atoms. The fourth-order valence-electron chi connectivity index (χ4n) is 1.80. The van der Waals surface area contributed by atoms with Gasteiger partial charge in [-0.3, -0.25) is 0 Å². The molecule has 1 heterocycles. The van der Waals surface area contributed by atoms with Crippen molar-refractivity contribution in [1.29, 1.82) is 0 Å². The molecule has 0 bridgehead atoms. The molecule has 1 aliphatic carbocycles. The topological polar surface area (TPSA) is 29.9 Å². The van der Waals surface area contributed by atoms with Gasteiger partial charge < -0.3 is 9.88 Å². The highest BCUT2D eigenvalue weighted by Gasteiger charge is 2.32. The van der Waals surface area contributed by atoms with Gasteiger partial charge in [-0.25, -0.2) is 4.98 Å². The van der Waals surface area contributed by atoms with Crippen LogP contribution >= 0.6 is 0 Å². The van der Waals surface area contributed by atoms with Crippen LogP contribution in [0.25, 0.3) is 0 Å². The summed E-state index contributed by atoms with van der Waals surface area (Å²) in [5, 5.41) is 3.42. The van der Waals surface area contributed by atoms with Crippen molar-refractivity contribution in [3.63, 3.8) is 0 Å². The van der Waals surface area contributed by atoms with E-state index in [0.29, 0.717) is 0 Å². The molecule has 2 atom stereocenters. The van der Waals surface area contributed by atoms with Gasteiger partial charge in [0.25, 0.3) is 0 Å². The number of aromatic nitrogens is 2. The number of aryl methyl sites for hydroxylation is 1. The summed E-state index contributed by atoms with van der Waals surface area (Å²) < 4.78 is 2.19. The molecule has 1 saturated carbocycles. The van der Waals surface area contributed by atoms with Crippen LogP contribution in [0.5, 0.6) is 0 Å². The summed E-state index contributed by atoms with van der Waals surface area (Å²) in [6.07, 6.45) is 6.45. The molecule has 1 fully saturated rings. The molecule has 1 aliphatic rings. The Morgan fingerprint density at radius 2 is 2.43 bits per heavy atom. The van der Waals surface area contributed by atoms with E-state index in [-0.39, 0.29) is 0 Å². The zero-order valence-electron chi connectivity index (χ0n) is 9.03. The van der Waals surface area contributed by atoms with Crippen LogP contribution in [0.2, 0.25) is 0 Å². The van der Waals surface area contributed by atoms with Gasteiger partial charge >= 0.3 is 0 Å². The molecule has 0 amide bonds. The molecule has 3 nitrogen and oxygen atoms in total. The number of anilines is 1. The van der Waals surface area contributed by atoms with E-state index in [1.54, 1.807) is 0 Å². The largest absolute Gasteiger partial charge is 0.355 e. The maximum Gasteiger partial charge on any atom is 0.202 e. The van der Waals surface area contributed by atoms with Crippen LogP contribution < -0.4 is 5.32 Å². The van der Waals surface area contributed by atoms with Crippen LogP contribution in [0.4, 0.5) is 5.95 Å². The maximum absolute atomic E-state index is 4.31. The first-order valence-electron chi connectivity index (χ1n) is 5.56. The SMILES string of the molecule is CCCn1ccnc1NCC1CC1C. The molecule has 78 valence electrons. The summed E-state index contributed by atoms with van der Waals surface area (Å²) in [5.74, 6) is 2.82. The summed E-state index contributed by atoms with van der Waals surface area (Å²) in [4.78, 5) is 4.31. The van der Waals surface area contributed by atoms with Crippen molar-refractivity contribution in [2.45, 2.75) is 33.2 Å². The summed E-state index contributed by atoms with van der Waals surface area (Å²) in [7, 11) is 0. The molecule has 0 aliphatic heterocycles. The van der Waals surface area contributed by atoms with Gasteiger partial charge in [0.2, 0.25) is 5.95 Å². The third-order valence-corrected chi connectivity index (χ3v) is 2.98. The highest BCUT2D eigenvalue weighted by Crippen LogP contribution is 2.37. The Bertz CT molecular complexity index is 292. The van der Waals surface area contributed by atoms with Crippen molar-refractivity contribution in [3.05, 3.63) is 12.4 Å². The number of hydrogen-bond acceptors (Lipinski definition) is 2. The van der Waals surface area contributed by atoms with Crippen molar-refractivity contribution in [1.82, 2.24) is 9.55 Å². The third-order valence-electron chi connectivity index (χ3n) is 2.98. The Balaban J connectivity index is 1.85. The summed E-state index contributed by atoms with van der Waals surface area (Å²) >= 11 is 0. The highest BCUT2D eigenvalue weighted by atomic mass is 15.2. The Morgan fingerprint density at radius 1 is 1.64 bits per heavy atom. The lowest BCUT2D eigenvalue weighted by Gasteiger charge is -2.07. The third kappa shape index (κ3) is 2.08. The van der Waals surface area contributed by atoms with E-state index >= 15 is 0 Å². The standard InChI is InChI=1S/C11H19N3/c1-3-5-14-6-4-12-11(14)13-8-10-7-9(10)2/h4,6,9-10H,3,5,7-8H2,1-2H3,(H,12,13). The van der Waals surface area contributed by atoms with E-state index < -0.39 is 0 Å². The molecule has 0 saturated heterocycles. The van der Waals surface area contributed by atoms with Crippen LogP contribution in [0.15, 0.2) is 12.4 Å². The first-order chi connectivity index (χ1) is 6.81. The second-order valence-electron chi connectivity index (χ2n) is 4.30. The molecule has 1 aromatic rings. The number of nitrogens with zero attached hydrogens (tertiary/aromatic N) is 2. The maximum atomic E-state index is 4.31. The summed E-state index contributed by atoms with van der Waals surface area (Å²) in [6.45, 7) is 6.64. The second kappa shape index (κ2) is 4.03. The van der Waals surface area contributed by atoms with Gasteiger partial charge in [-0.1, -0.05) is 13.8 Å². The van der Waals surface area contributed by atoms with Crippen molar-refractivity contribution in [2.24, 2.45) is 11.8 Å². The van der Waals surface area contributed by atoms with E-state index in [2.05, 4.69) is 28.7 Å². The Hall–Kier alpha value is -0.990. The number of imidazole rings is 1. The van der Waals surface area contributed by atoms with Gasteiger partial charge in [0, 0.05) is 25.5 Å². The van der Waals surface area contributed by atoms with Crippen molar-refractivity contribution >= 4 is 5.95 Å². The molecular formula is C11H19N3. The van der Waals surface area contributed by atoms with Crippen LogP contribution in [0.3, 0.4) is 0 Å². The van der Waals surface area contributed by atoms with E-state index in [0.717, 1.165) is 37.3 Å². The van der Waals surface area contributed by atoms with Crippen molar-refractivity contribution in [2.75, 3.05) is 11.9 Å². The fraction of sp³-hybridized carbons (Fsp3) is 0.727. The molecule has 0 radical (unpaired) electrons. The minimum absolute atomic E-state index is 0.877. The highest BCUT2D eigenvalue weighted by molar-refractivity contribution is 5.26. The molecule has 2 unspecified atom stereocenters. The van der Waals surface area contributed by atoms with Gasteiger partial charge in [0.15, 0.2) is 0 Å². The number of nitrogens with one attached hydrogen (secondary N) is 1. The monoisotopic (exact) mass is 193 g/mol. The Labute approximate surface area is 85.5 Å². The first kappa shape index (κ1) is 9.56. The smallest absolute Gasteiger partial charge is 0.202 e. The molecule has 3 heteroatoms. The quantitative estimate of drug-likeness (QED) is 0.778. The van der Waals surface area contributed by atoms with E-state index in [1.165, 1.54) is 6.42 Å². The average Bonchev–Trinajstić information content (AvgIpc) is 2.70. The van der Waals surface area contributed by atoms with Crippen molar-refractivity contribution < 1.29 is 0 Å². The predicted octanol–water partition coefficient (Wildman–Crippen LogP) is 2.36. The lowest BCUT2D eigenvalue weighted by Crippen LogP contribution is -2.10. The lowest BCUT2D eigenvalue weighted by molar-refractivity contribution is 0.676. The summed E-state index contributed by atoms with van der Waals surface area (Å²) in [6, 6.07) is 0. The molecule has 0 spiro atoms. The van der Waals surface area contributed by atoms with Gasteiger partial charge in [-0.2, -0.15) is 0 Å². The predicted molar refractivity (Wildman–Crippen MR) is 58.3 cm³/mol. The van der Waals surface area contributed by atoms with E-state index in [1.807, 2.05) is 12.4 Å². The summed E-state index contributed by atoms with van der Waals surface area (Å²) in [5.41, 5.74) is 0. The normalized spacial score (nSPS) is 25.0. The zero-order valence-corrected chi connectivity index (χ0v) is 9.03. The molecule has 1 aromatic heterocycles. The molecule has 0 aromatic carbocycles. The Kier molecular flexibility index (Phi) is 2.75. The zero-order chi connectivity index (χ0) is 9.97. The van der Waals surface area contributed by atoms with Crippen LogP contribution in [0.1, 0.15) is 26.7 Å². The van der Waals surface area contributed by atoms with Crippen LogP contribution in [-0.4, -0.2) is 16.1 Å². The minimum atomic E-state index is 0.877. The fourth-order valence-corrected chi connectivity index (χ4v) is 1.80. The molecule has 2 rings (SSSR count). The van der Waals surface area contributed by atoms with Crippen LogP contribution in [-0.2, 0) is 6.54 Å². The number of rotatable bonds is 5. The van der Waals surface area contributed by atoms with Gasteiger partial charge in [-0.15, -0.1) is 0 Å². The molecular weight excluding hydrogens is 174 g/mol. The first-order valence-corrected chi connectivity index (χ1v) is 5.56. The number of hydrogen-bond donors (Lipinski definition) is 1. The van der Waals surface area contributed by atoms with Gasteiger partial charge in [0.05, 0.1) is 0 Å².